The third-order valence-corrected chi connectivity index (χ3v) is 2.87. The van der Waals surface area contributed by atoms with Gasteiger partial charge in [0.15, 0.2) is 5.71 Å². The maximum absolute atomic E-state index is 8.80. The fourth-order valence-electron chi connectivity index (χ4n) is 1.90. The summed E-state index contributed by atoms with van der Waals surface area (Å²) in [6.45, 7) is 3.97. The molecule has 1 aliphatic rings. The van der Waals surface area contributed by atoms with E-state index in [2.05, 4.69) is 10.1 Å². The largest absolute Gasteiger partial charge is 0.359 e. The Kier molecular flexibility index (Phi) is 5.95. The van der Waals surface area contributed by atoms with Crippen LogP contribution in [0.15, 0.2) is 5.16 Å². The van der Waals surface area contributed by atoms with Crippen LogP contribution in [-0.4, -0.2) is 49.0 Å². The number of rotatable bonds is 5. The Bertz CT molecular complexity index is 289. The van der Waals surface area contributed by atoms with Crippen LogP contribution in [0.5, 0.6) is 0 Å². The van der Waals surface area contributed by atoms with Crippen LogP contribution in [0, 0.1) is 11.3 Å². The van der Waals surface area contributed by atoms with Gasteiger partial charge in [0.25, 0.3) is 0 Å². The second-order valence-electron chi connectivity index (χ2n) is 4.50. The summed E-state index contributed by atoms with van der Waals surface area (Å²) in [6.07, 6.45) is 4.15. The number of nitriles is 1. The van der Waals surface area contributed by atoms with E-state index in [1.54, 1.807) is 0 Å². The zero-order valence-corrected chi connectivity index (χ0v) is 11.0. The molecule has 0 radical (unpaired) electrons. The van der Waals surface area contributed by atoms with Gasteiger partial charge in [-0.2, -0.15) is 5.26 Å². The van der Waals surface area contributed by atoms with Gasteiger partial charge in [0, 0.05) is 19.5 Å². The molecule has 0 aromatic carbocycles. The fraction of sp³-hybridized carbons (Fsp3) is 0.833. The van der Waals surface area contributed by atoms with Crippen LogP contribution in [0.25, 0.3) is 0 Å². The topological polar surface area (TPSA) is 51.9 Å². The van der Waals surface area contributed by atoms with E-state index in [0.717, 1.165) is 13.1 Å². The average Bonchev–Trinajstić information content (AvgIpc) is 2.35. The number of hydrogen-bond donors (Lipinski definition) is 0. The molecular formula is C12H22N4O. The highest BCUT2D eigenvalue weighted by molar-refractivity contribution is 5.97. The van der Waals surface area contributed by atoms with E-state index in [0.29, 0.717) is 12.1 Å². The molecule has 1 aliphatic heterocycles. The van der Waals surface area contributed by atoms with E-state index in [1.807, 2.05) is 32.0 Å². The highest BCUT2D eigenvalue weighted by Crippen LogP contribution is 2.14. The Morgan fingerprint density at radius 1 is 1.41 bits per heavy atom. The van der Waals surface area contributed by atoms with Crippen molar-refractivity contribution in [2.45, 2.75) is 39.0 Å². The van der Waals surface area contributed by atoms with Gasteiger partial charge in [-0.05, 0) is 26.9 Å². The minimum atomic E-state index is -0.162. The second-order valence-corrected chi connectivity index (χ2v) is 4.50. The quantitative estimate of drug-likeness (QED) is 0.415. The number of nitrogens with zero attached hydrogens (tertiary/aromatic N) is 4. The minimum absolute atomic E-state index is 0.162. The van der Waals surface area contributed by atoms with Crippen LogP contribution in [0.2, 0.25) is 0 Å². The highest BCUT2D eigenvalue weighted by atomic mass is 16.7. The van der Waals surface area contributed by atoms with E-state index < -0.39 is 0 Å². The van der Waals surface area contributed by atoms with Gasteiger partial charge in [0.2, 0.25) is 6.35 Å². The van der Waals surface area contributed by atoms with Crippen molar-refractivity contribution in [2.75, 3.05) is 27.2 Å². The summed E-state index contributed by atoms with van der Waals surface area (Å²) in [7, 11) is 3.93. The van der Waals surface area contributed by atoms with Gasteiger partial charge in [-0.3, -0.25) is 9.80 Å². The molecule has 96 valence electrons. The molecule has 0 bridgehead atoms. The van der Waals surface area contributed by atoms with Crippen LogP contribution in [-0.2, 0) is 4.84 Å². The maximum atomic E-state index is 8.80. The van der Waals surface area contributed by atoms with Crippen LogP contribution in [0.4, 0.5) is 0 Å². The number of hydrogen-bond acceptors (Lipinski definition) is 5. The number of likely N-dealkylation sites (tertiary alicyclic amines) is 1. The molecule has 1 atom stereocenters. The van der Waals surface area contributed by atoms with E-state index in [1.165, 1.54) is 19.3 Å². The molecule has 0 spiro atoms. The minimum Gasteiger partial charge on any atom is -0.359 e. The summed E-state index contributed by atoms with van der Waals surface area (Å²) in [5.41, 5.74) is 0.439. The van der Waals surface area contributed by atoms with E-state index in [9.17, 15) is 0 Å². The summed E-state index contributed by atoms with van der Waals surface area (Å²) in [5.74, 6) is 0. The van der Waals surface area contributed by atoms with Crippen molar-refractivity contribution in [3.05, 3.63) is 0 Å². The Balaban J connectivity index is 2.60. The molecular weight excluding hydrogens is 216 g/mol. The van der Waals surface area contributed by atoms with Crippen molar-refractivity contribution >= 4 is 5.71 Å². The standard InChI is InChI=1S/C12H22N4O/c1-4-11(10-13)14-17-12(15(2)3)16-8-6-5-7-9-16/h12H,4-9H2,1-3H3. The lowest BCUT2D eigenvalue weighted by Crippen LogP contribution is -2.48. The number of oxime groups is 1. The first-order chi connectivity index (χ1) is 8.19. The molecule has 0 aromatic rings. The third-order valence-electron chi connectivity index (χ3n) is 2.87. The molecule has 0 N–H and O–H groups in total. The summed E-state index contributed by atoms with van der Waals surface area (Å²) < 4.78 is 0. The lowest BCUT2D eigenvalue weighted by Gasteiger charge is -2.35. The molecule has 1 heterocycles. The van der Waals surface area contributed by atoms with Gasteiger partial charge >= 0.3 is 0 Å². The molecule has 1 unspecified atom stereocenters. The van der Waals surface area contributed by atoms with Gasteiger partial charge in [-0.25, -0.2) is 0 Å². The first-order valence-corrected chi connectivity index (χ1v) is 6.22. The molecule has 5 heteroatoms. The van der Waals surface area contributed by atoms with E-state index in [4.69, 9.17) is 10.1 Å². The Morgan fingerprint density at radius 3 is 2.53 bits per heavy atom. The van der Waals surface area contributed by atoms with E-state index >= 15 is 0 Å². The van der Waals surface area contributed by atoms with Gasteiger partial charge in [-0.1, -0.05) is 18.5 Å². The second kappa shape index (κ2) is 7.25. The summed E-state index contributed by atoms with van der Waals surface area (Å²) >= 11 is 0. The predicted octanol–water partition coefficient (Wildman–Crippen LogP) is 1.62. The van der Waals surface area contributed by atoms with Crippen molar-refractivity contribution in [1.29, 1.82) is 5.26 Å². The van der Waals surface area contributed by atoms with Gasteiger partial charge < -0.3 is 4.84 Å². The molecule has 0 saturated carbocycles. The Morgan fingerprint density at radius 2 is 2.06 bits per heavy atom. The SMILES string of the molecule is CCC(C#N)=NOC(N(C)C)N1CCCCC1. The monoisotopic (exact) mass is 238 g/mol. The third kappa shape index (κ3) is 4.33. The van der Waals surface area contributed by atoms with E-state index in [-0.39, 0.29) is 6.35 Å². The van der Waals surface area contributed by atoms with Gasteiger partial charge in [0.1, 0.15) is 6.07 Å². The normalized spacial score (nSPS) is 20.1. The predicted molar refractivity (Wildman–Crippen MR) is 67.3 cm³/mol. The molecule has 1 fully saturated rings. The van der Waals surface area contributed by atoms with Crippen LogP contribution >= 0.6 is 0 Å². The Hall–Kier alpha value is -1.12. The average molecular weight is 238 g/mol. The first-order valence-electron chi connectivity index (χ1n) is 6.22. The van der Waals surface area contributed by atoms with Crippen molar-refractivity contribution in [3.63, 3.8) is 0 Å². The van der Waals surface area contributed by atoms with Crippen molar-refractivity contribution in [1.82, 2.24) is 9.80 Å². The van der Waals surface area contributed by atoms with Crippen molar-refractivity contribution in [3.8, 4) is 6.07 Å². The zero-order chi connectivity index (χ0) is 12.7. The van der Waals surface area contributed by atoms with Gasteiger partial charge in [-0.15, -0.1) is 0 Å². The smallest absolute Gasteiger partial charge is 0.237 e. The van der Waals surface area contributed by atoms with Gasteiger partial charge in [0.05, 0.1) is 0 Å². The summed E-state index contributed by atoms with van der Waals surface area (Å²) in [4.78, 5) is 9.75. The maximum Gasteiger partial charge on any atom is 0.237 e. The first kappa shape index (κ1) is 13.9. The van der Waals surface area contributed by atoms with Crippen LogP contribution in [0.3, 0.4) is 0 Å². The molecule has 0 amide bonds. The lowest BCUT2D eigenvalue weighted by molar-refractivity contribution is -0.141. The molecule has 5 nitrogen and oxygen atoms in total. The molecule has 1 rings (SSSR count). The Labute approximate surface area is 104 Å². The summed E-state index contributed by atoms with van der Waals surface area (Å²) in [5, 5.41) is 12.7. The van der Waals surface area contributed by atoms with Crippen LogP contribution in [0.1, 0.15) is 32.6 Å². The highest BCUT2D eigenvalue weighted by Gasteiger charge is 2.24. The molecule has 17 heavy (non-hydrogen) atoms. The molecule has 1 saturated heterocycles. The fourth-order valence-corrected chi connectivity index (χ4v) is 1.90. The number of piperidine rings is 1. The molecule has 0 aliphatic carbocycles. The molecule has 0 aromatic heterocycles. The van der Waals surface area contributed by atoms with Crippen molar-refractivity contribution < 1.29 is 4.84 Å². The summed E-state index contributed by atoms with van der Waals surface area (Å²) in [6, 6.07) is 2.04. The zero-order valence-electron chi connectivity index (χ0n) is 11.0. The van der Waals surface area contributed by atoms with Crippen molar-refractivity contribution in [2.24, 2.45) is 5.16 Å². The van der Waals surface area contributed by atoms with Crippen LogP contribution < -0.4 is 0 Å². The lowest BCUT2D eigenvalue weighted by atomic mass is 10.1.